The van der Waals surface area contributed by atoms with Crippen LogP contribution in [0.5, 0.6) is 0 Å². The van der Waals surface area contributed by atoms with E-state index in [4.69, 9.17) is 0 Å². The number of hydrogen-bond donors (Lipinski definition) is 0. The molecule has 1 heterocycles. The highest BCUT2D eigenvalue weighted by atomic mass is 79.9. The van der Waals surface area contributed by atoms with Gasteiger partial charge in [0.15, 0.2) is 12.4 Å². The number of nitrogens with zero attached hydrogens (tertiary/aromatic N) is 1. The molecule has 2 rings (SSSR count). The molecule has 0 N–H and O–H groups in total. The molecule has 0 radical (unpaired) electrons. The smallest absolute Gasteiger partial charge is 0.227 e. The lowest BCUT2D eigenvalue weighted by atomic mass is 10.1. The second kappa shape index (κ2) is 7.07. The predicted molar refractivity (Wildman–Crippen MR) is 66.8 cm³/mol. The zero-order valence-electron chi connectivity index (χ0n) is 10.3. The van der Waals surface area contributed by atoms with Gasteiger partial charge in [-0.1, -0.05) is 37.3 Å². The lowest BCUT2D eigenvalue weighted by Crippen LogP contribution is -3.00. The van der Waals surface area contributed by atoms with Crippen LogP contribution in [0.4, 0.5) is 0 Å². The van der Waals surface area contributed by atoms with E-state index in [-0.39, 0.29) is 22.8 Å². The molecule has 1 aromatic heterocycles. The Morgan fingerprint density at radius 1 is 1.11 bits per heavy atom. The molecule has 3 heteroatoms. The van der Waals surface area contributed by atoms with Crippen molar-refractivity contribution < 1.29 is 26.3 Å². The van der Waals surface area contributed by atoms with Gasteiger partial charge in [0.1, 0.15) is 0 Å². The van der Waals surface area contributed by atoms with Gasteiger partial charge >= 0.3 is 0 Å². The zero-order chi connectivity index (χ0) is 12.1. The highest BCUT2D eigenvalue weighted by molar-refractivity contribution is 5.94. The Bertz CT molecular complexity index is 511. The number of carbonyl (C=O) groups excluding carboxylic acids is 1. The highest BCUT2D eigenvalue weighted by Crippen LogP contribution is 2.00. The standard InChI is InChI=1S/C15H16NO.BrH/c1-2-13-7-6-10-16(11-13)12-15(17)14-8-4-3-5-9-14;/h3-11H,2,12H2,1H3;1H/q+1;/p-1. The molecule has 2 aromatic rings. The van der Waals surface area contributed by atoms with E-state index in [9.17, 15) is 4.79 Å². The summed E-state index contributed by atoms with van der Waals surface area (Å²) >= 11 is 0. The number of hydrogen-bond acceptors (Lipinski definition) is 1. The molecule has 0 aliphatic carbocycles. The normalized spacial score (nSPS) is 9.61. The fourth-order valence-corrected chi connectivity index (χ4v) is 1.76. The molecule has 0 aliphatic rings. The van der Waals surface area contributed by atoms with Crippen molar-refractivity contribution >= 4 is 5.78 Å². The van der Waals surface area contributed by atoms with E-state index in [0.29, 0.717) is 6.54 Å². The number of aromatic nitrogens is 1. The van der Waals surface area contributed by atoms with Crippen LogP contribution in [0.2, 0.25) is 0 Å². The van der Waals surface area contributed by atoms with Crippen molar-refractivity contribution in [3.05, 3.63) is 66.0 Å². The number of ketones is 1. The van der Waals surface area contributed by atoms with E-state index >= 15 is 0 Å². The Hall–Kier alpha value is -1.48. The first-order valence-electron chi connectivity index (χ1n) is 5.86. The molecule has 18 heavy (non-hydrogen) atoms. The first kappa shape index (κ1) is 14.6. The molecule has 0 amide bonds. The molecule has 0 aliphatic heterocycles. The van der Waals surface area contributed by atoms with E-state index in [1.165, 1.54) is 5.56 Å². The van der Waals surface area contributed by atoms with Crippen molar-refractivity contribution in [1.29, 1.82) is 0 Å². The Kier molecular flexibility index (Phi) is 5.72. The molecule has 0 spiro atoms. The van der Waals surface area contributed by atoms with E-state index < -0.39 is 0 Å². The maximum atomic E-state index is 12.0. The van der Waals surface area contributed by atoms with Crippen molar-refractivity contribution in [2.45, 2.75) is 19.9 Å². The fraction of sp³-hybridized carbons (Fsp3) is 0.200. The van der Waals surface area contributed by atoms with Crippen LogP contribution in [0.1, 0.15) is 22.8 Å². The van der Waals surface area contributed by atoms with Crippen LogP contribution in [0.25, 0.3) is 0 Å². The SMILES string of the molecule is CCc1ccc[n+](CC(=O)c2ccccc2)c1.[Br-]. The van der Waals surface area contributed by atoms with Crippen molar-refractivity contribution in [3.63, 3.8) is 0 Å². The number of Topliss-reactive ketones (excluding diaryl/α,β-unsaturated/α-hetero) is 1. The van der Waals surface area contributed by atoms with Crippen molar-refractivity contribution in [1.82, 2.24) is 0 Å². The summed E-state index contributed by atoms with van der Waals surface area (Å²) in [7, 11) is 0. The minimum Gasteiger partial charge on any atom is -1.00 e. The van der Waals surface area contributed by atoms with Gasteiger partial charge in [0.25, 0.3) is 0 Å². The maximum absolute atomic E-state index is 12.0. The van der Waals surface area contributed by atoms with Gasteiger partial charge < -0.3 is 17.0 Å². The average Bonchev–Trinajstić information content (AvgIpc) is 2.40. The second-order valence-electron chi connectivity index (χ2n) is 4.03. The quantitative estimate of drug-likeness (QED) is 0.547. The molecule has 94 valence electrons. The number of halogens is 1. The lowest BCUT2D eigenvalue weighted by molar-refractivity contribution is -0.683. The second-order valence-corrected chi connectivity index (χ2v) is 4.03. The highest BCUT2D eigenvalue weighted by Gasteiger charge is 2.11. The first-order chi connectivity index (χ1) is 8.29. The van der Waals surface area contributed by atoms with Crippen LogP contribution in [0.15, 0.2) is 54.9 Å². The van der Waals surface area contributed by atoms with Gasteiger partial charge in [0, 0.05) is 17.2 Å². The molecule has 0 atom stereocenters. The molecule has 0 saturated heterocycles. The third kappa shape index (κ3) is 3.77. The molecule has 1 aromatic carbocycles. The summed E-state index contributed by atoms with van der Waals surface area (Å²) in [5, 5.41) is 0. The minimum atomic E-state index is 0. The van der Waals surface area contributed by atoms with Crippen LogP contribution in [0.3, 0.4) is 0 Å². The predicted octanol–water partition coefficient (Wildman–Crippen LogP) is -0.577. The fourth-order valence-electron chi connectivity index (χ4n) is 1.76. The van der Waals surface area contributed by atoms with Crippen molar-refractivity contribution in [2.24, 2.45) is 0 Å². The summed E-state index contributed by atoms with van der Waals surface area (Å²) in [4.78, 5) is 12.0. The number of pyridine rings is 1. The summed E-state index contributed by atoms with van der Waals surface area (Å²) in [5.41, 5.74) is 2.01. The third-order valence-electron chi connectivity index (χ3n) is 2.75. The van der Waals surface area contributed by atoms with Crippen LogP contribution in [-0.2, 0) is 13.0 Å². The van der Waals surface area contributed by atoms with E-state index in [0.717, 1.165) is 12.0 Å². The molecule has 0 unspecified atom stereocenters. The molecular formula is C15H16BrNO. The van der Waals surface area contributed by atoms with Crippen molar-refractivity contribution in [2.75, 3.05) is 0 Å². The molecule has 0 bridgehead atoms. The zero-order valence-corrected chi connectivity index (χ0v) is 11.9. The van der Waals surface area contributed by atoms with Gasteiger partial charge in [-0.25, -0.2) is 0 Å². The average molecular weight is 306 g/mol. The van der Waals surface area contributed by atoms with Gasteiger partial charge in [0.2, 0.25) is 12.3 Å². The Morgan fingerprint density at radius 3 is 2.50 bits per heavy atom. The summed E-state index contributed by atoms with van der Waals surface area (Å²) in [6, 6.07) is 13.5. The minimum absolute atomic E-state index is 0. The van der Waals surface area contributed by atoms with Crippen LogP contribution in [0, 0.1) is 0 Å². The van der Waals surface area contributed by atoms with Crippen LogP contribution < -0.4 is 21.5 Å². The van der Waals surface area contributed by atoms with Crippen molar-refractivity contribution in [3.8, 4) is 0 Å². The Morgan fingerprint density at radius 2 is 1.83 bits per heavy atom. The summed E-state index contributed by atoms with van der Waals surface area (Å²) in [6.07, 6.45) is 4.95. The molecular weight excluding hydrogens is 290 g/mol. The monoisotopic (exact) mass is 305 g/mol. The van der Waals surface area contributed by atoms with Gasteiger partial charge in [-0.2, -0.15) is 4.57 Å². The summed E-state index contributed by atoms with van der Waals surface area (Å²) in [5.74, 6) is 0.142. The lowest BCUT2D eigenvalue weighted by Gasteiger charge is -1.99. The van der Waals surface area contributed by atoms with Gasteiger partial charge in [0.05, 0.1) is 0 Å². The molecule has 0 fully saturated rings. The number of rotatable bonds is 4. The van der Waals surface area contributed by atoms with E-state index in [2.05, 4.69) is 13.0 Å². The number of aryl methyl sites for hydroxylation is 1. The number of benzene rings is 1. The Labute approximate surface area is 118 Å². The first-order valence-corrected chi connectivity index (χ1v) is 5.86. The van der Waals surface area contributed by atoms with Gasteiger partial charge in [-0.15, -0.1) is 0 Å². The molecule has 0 saturated carbocycles. The van der Waals surface area contributed by atoms with Crippen LogP contribution in [-0.4, -0.2) is 5.78 Å². The topological polar surface area (TPSA) is 20.9 Å². The van der Waals surface area contributed by atoms with Gasteiger partial charge in [-0.3, -0.25) is 4.79 Å². The van der Waals surface area contributed by atoms with Crippen LogP contribution >= 0.6 is 0 Å². The largest absolute Gasteiger partial charge is 1.00 e. The van der Waals surface area contributed by atoms with E-state index in [1.54, 1.807) is 0 Å². The van der Waals surface area contributed by atoms with Gasteiger partial charge in [-0.05, 0) is 12.5 Å². The summed E-state index contributed by atoms with van der Waals surface area (Å²) < 4.78 is 1.94. The number of carbonyl (C=O) groups is 1. The Balaban J connectivity index is 0.00000162. The third-order valence-corrected chi connectivity index (χ3v) is 2.75. The summed E-state index contributed by atoms with van der Waals surface area (Å²) in [6.45, 7) is 2.51. The molecule has 2 nitrogen and oxygen atoms in total. The maximum Gasteiger partial charge on any atom is 0.227 e. The van der Waals surface area contributed by atoms with E-state index in [1.807, 2.05) is 53.4 Å².